The summed E-state index contributed by atoms with van der Waals surface area (Å²) in [6.45, 7) is 2.87. The summed E-state index contributed by atoms with van der Waals surface area (Å²) in [4.78, 5) is 8.19. The summed E-state index contributed by atoms with van der Waals surface area (Å²) in [5.74, 6) is 1.47. The number of ether oxygens (including phenoxy) is 2. The van der Waals surface area contributed by atoms with Crippen molar-refractivity contribution < 1.29 is 9.47 Å². The number of aromatic nitrogens is 2. The van der Waals surface area contributed by atoms with Gasteiger partial charge in [-0.25, -0.2) is 9.97 Å². The second-order valence-corrected chi connectivity index (χ2v) is 5.16. The van der Waals surface area contributed by atoms with E-state index in [0.717, 1.165) is 33.6 Å². The van der Waals surface area contributed by atoms with Crippen LogP contribution in [-0.4, -0.2) is 30.7 Å². The summed E-state index contributed by atoms with van der Waals surface area (Å²) >= 11 is 3.54. The molecular weight excluding hydrogens is 334 g/mol. The van der Waals surface area contributed by atoms with Crippen molar-refractivity contribution in [1.82, 2.24) is 15.3 Å². The normalized spacial score (nSPS) is 12.0. The van der Waals surface area contributed by atoms with Crippen LogP contribution in [0.1, 0.15) is 24.1 Å². The van der Waals surface area contributed by atoms with Gasteiger partial charge in [0.05, 0.1) is 20.3 Å². The molecule has 0 aliphatic carbocycles. The van der Waals surface area contributed by atoms with Crippen LogP contribution in [-0.2, 0) is 0 Å². The van der Waals surface area contributed by atoms with E-state index < -0.39 is 0 Å². The van der Waals surface area contributed by atoms with Crippen LogP contribution in [0.15, 0.2) is 35.3 Å². The van der Waals surface area contributed by atoms with Crippen LogP contribution in [0, 0.1) is 0 Å². The van der Waals surface area contributed by atoms with Crippen molar-refractivity contribution in [3.05, 3.63) is 46.5 Å². The van der Waals surface area contributed by atoms with E-state index >= 15 is 0 Å². The van der Waals surface area contributed by atoms with Gasteiger partial charge in [0.2, 0.25) is 0 Å². The molecule has 1 heterocycles. The molecule has 6 heteroatoms. The van der Waals surface area contributed by atoms with Crippen LogP contribution < -0.4 is 14.8 Å². The molecule has 0 aliphatic heterocycles. The van der Waals surface area contributed by atoms with Crippen LogP contribution in [0.2, 0.25) is 0 Å². The molecule has 0 saturated heterocycles. The summed E-state index contributed by atoms with van der Waals surface area (Å²) in [5.41, 5.74) is 1.98. The zero-order valence-electron chi connectivity index (χ0n) is 12.3. The summed E-state index contributed by atoms with van der Waals surface area (Å²) < 4.78 is 11.7. The maximum absolute atomic E-state index is 5.56. The van der Waals surface area contributed by atoms with Gasteiger partial charge in [-0.15, -0.1) is 0 Å². The molecule has 0 saturated carbocycles. The lowest BCUT2D eigenvalue weighted by molar-refractivity contribution is 0.383. The maximum Gasteiger partial charge on any atom is 0.141 e. The third-order valence-corrected chi connectivity index (χ3v) is 3.90. The van der Waals surface area contributed by atoms with Crippen molar-refractivity contribution in [2.45, 2.75) is 13.0 Å². The SMILES string of the molecule is CCNC(c1cncnc1)c1ccc(OC)c(Br)c1OC. The molecule has 0 spiro atoms. The second kappa shape index (κ2) is 7.38. The van der Waals surface area contributed by atoms with Gasteiger partial charge >= 0.3 is 0 Å². The highest BCUT2D eigenvalue weighted by Gasteiger charge is 2.21. The zero-order valence-corrected chi connectivity index (χ0v) is 13.8. The number of rotatable bonds is 6. The number of benzene rings is 1. The first kappa shape index (κ1) is 15.7. The highest BCUT2D eigenvalue weighted by Crippen LogP contribution is 2.41. The first-order valence-corrected chi connectivity index (χ1v) is 7.40. The third-order valence-electron chi connectivity index (χ3n) is 3.15. The third kappa shape index (κ3) is 3.33. The first-order chi connectivity index (χ1) is 10.2. The standard InChI is InChI=1S/C15H18BrN3O2/c1-4-19-14(10-7-17-9-18-8-10)11-5-6-12(20-2)13(16)15(11)21-3/h5-9,14,19H,4H2,1-3H3. The largest absolute Gasteiger partial charge is 0.495 e. The Labute approximate surface area is 132 Å². The second-order valence-electron chi connectivity index (χ2n) is 4.37. The summed E-state index contributed by atoms with van der Waals surface area (Å²) in [7, 11) is 3.28. The average Bonchev–Trinajstić information content (AvgIpc) is 2.53. The lowest BCUT2D eigenvalue weighted by Crippen LogP contribution is -2.23. The van der Waals surface area contributed by atoms with Gasteiger partial charge in [0.1, 0.15) is 22.3 Å². The van der Waals surface area contributed by atoms with E-state index in [-0.39, 0.29) is 6.04 Å². The molecule has 1 N–H and O–H groups in total. The van der Waals surface area contributed by atoms with Gasteiger partial charge in [0.25, 0.3) is 0 Å². The number of nitrogens with one attached hydrogen (secondary N) is 1. The summed E-state index contributed by atoms with van der Waals surface area (Å²) in [6, 6.07) is 3.85. The molecule has 0 radical (unpaired) electrons. The van der Waals surface area contributed by atoms with Crippen molar-refractivity contribution in [2.75, 3.05) is 20.8 Å². The number of halogens is 1. The number of nitrogens with zero attached hydrogens (tertiary/aromatic N) is 2. The maximum atomic E-state index is 5.56. The molecule has 1 aromatic carbocycles. The van der Waals surface area contributed by atoms with Crippen molar-refractivity contribution >= 4 is 15.9 Å². The van der Waals surface area contributed by atoms with Crippen LogP contribution >= 0.6 is 15.9 Å². The minimum Gasteiger partial charge on any atom is -0.495 e. The molecule has 0 bridgehead atoms. The zero-order chi connectivity index (χ0) is 15.2. The van der Waals surface area contributed by atoms with E-state index in [4.69, 9.17) is 9.47 Å². The van der Waals surface area contributed by atoms with E-state index in [2.05, 4.69) is 38.1 Å². The first-order valence-electron chi connectivity index (χ1n) is 6.61. The van der Waals surface area contributed by atoms with E-state index in [1.165, 1.54) is 6.33 Å². The monoisotopic (exact) mass is 351 g/mol. The van der Waals surface area contributed by atoms with Crippen LogP contribution in [0.3, 0.4) is 0 Å². The number of methoxy groups -OCH3 is 2. The summed E-state index contributed by atoms with van der Waals surface area (Å²) in [5, 5.41) is 3.43. The lowest BCUT2D eigenvalue weighted by Gasteiger charge is -2.22. The fourth-order valence-corrected chi connectivity index (χ4v) is 2.90. The Morgan fingerprint density at radius 1 is 1.19 bits per heavy atom. The fourth-order valence-electron chi connectivity index (χ4n) is 2.22. The van der Waals surface area contributed by atoms with Crippen molar-refractivity contribution in [2.24, 2.45) is 0 Å². The molecule has 0 fully saturated rings. The molecule has 112 valence electrons. The fraction of sp³-hybridized carbons (Fsp3) is 0.333. The molecule has 1 aromatic heterocycles. The Bertz CT molecular complexity index is 593. The van der Waals surface area contributed by atoms with Crippen LogP contribution in [0.5, 0.6) is 11.5 Å². The highest BCUT2D eigenvalue weighted by molar-refractivity contribution is 9.10. The van der Waals surface area contributed by atoms with E-state index in [0.29, 0.717) is 0 Å². The van der Waals surface area contributed by atoms with E-state index in [9.17, 15) is 0 Å². The minimum absolute atomic E-state index is 0.0478. The van der Waals surface area contributed by atoms with Crippen molar-refractivity contribution in [1.29, 1.82) is 0 Å². The quantitative estimate of drug-likeness (QED) is 0.866. The Morgan fingerprint density at radius 2 is 1.90 bits per heavy atom. The van der Waals surface area contributed by atoms with Crippen LogP contribution in [0.25, 0.3) is 0 Å². The molecule has 0 amide bonds. The van der Waals surface area contributed by atoms with Crippen molar-refractivity contribution in [3.63, 3.8) is 0 Å². The van der Waals surface area contributed by atoms with Gasteiger partial charge in [-0.05, 0) is 34.6 Å². The van der Waals surface area contributed by atoms with Gasteiger partial charge in [-0.1, -0.05) is 6.92 Å². The summed E-state index contributed by atoms with van der Waals surface area (Å²) in [6.07, 6.45) is 5.13. The molecular formula is C15H18BrN3O2. The predicted molar refractivity (Wildman–Crippen MR) is 84.8 cm³/mol. The molecule has 5 nitrogen and oxygen atoms in total. The molecule has 1 unspecified atom stereocenters. The Morgan fingerprint density at radius 3 is 2.48 bits per heavy atom. The highest BCUT2D eigenvalue weighted by atomic mass is 79.9. The van der Waals surface area contributed by atoms with E-state index in [1.54, 1.807) is 26.6 Å². The Kier molecular flexibility index (Phi) is 5.52. The Hall–Kier alpha value is -1.66. The van der Waals surface area contributed by atoms with Crippen molar-refractivity contribution in [3.8, 4) is 11.5 Å². The lowest BCUT2D eigenvalue weighted by atomic mass is 10.00. The smallest absolute Gasteiger partial charge is 0.141 e. The number of hydrogen-bond acceptors (Lipinski definition) is 5. The molecule has 2 aromatic rings. The van der Waals surface area contributed by atoms with Gasteiger partial charge in [0, 0.05) is 23.5 Å². The molecule has 2 rings (SSSR count). The Balaban J connectivity index is 2.53. The molecule has 0 aliphatic rings. The van der Waals surface area contributed by atoms with Gasteiger partial charge < -0.3 is 14.8 Å². The molecule has 1 atom stereocenters. The van der Waals surface area contributed by atoms with Gasteiger partial charge in [-0.3, -0.25) is 0 Å². The molecule has 21 heavy (non-hydrogen) atoms. The van der Waals surface area contributed by atoms with E-state index in [1.807, 2.05) is 12.1 Å². The average molecular weight is 352 g/mol. The predicted octanol–water partition coefficient (Wildman–Crippen LogP) is 2.96. The number of hydrogen-bond donors (Lipinski definition) is 1. The van der Waals surface area contributed by atoms with Crippen LogP contribution in [0.4, 0.5) is 0 Å². The van der Waals surface area contributed by atoms with Gasteiger partial charge in [0.15, 0.2) is 0 Å². The minimum atomic E-state index is -0.0478. The topological polar surface area (TPSA) is 56.3 Å². The van der Waals surface area contributed by atoms with Gasteiger partial charge in [-0.2, -0.15) is 0 Å².